The first-order chi connectivity index (χ1) is 9.56. The van der Waals surface area contributed by atoms with Crippen LogP contribution in [-0.2, 0) is 11.3 Å². The lowest BCUT2D eigenvalue weighted by Crippen LogP contribution is -2.31. The Balaban J connectivity index is 1.89. The number of carbonyl (C=O) groups is 1. The zero-order valence-electron chi connectivity index (χ0n) is 12.1. The van der Waals surface area contributed by atoms with Crippen LogP contribution in [0.15, 0.2) is 35.7 Å². The van der Waals surface area contributed by atoms with E-state index in [2.05, 4.69) is 30.4 Å². The van der Waals surface area contributed by atoms with Gasteiger partial charge in [-0.15, -0.1) is 11.3 Å². The standard InChI is InChI=1S/C16H20N2OS/c1-12-6-7-13(2)15(9-12)17-10-16(19)18(3)11-14-5-4-8-20-14/h4-9,17H,10-11H2,1-3H3. The number of rotatable bonds is 5. The fraction of sp³-hybridized carbons (Fsp3) is 0.312. The Morgan fingerprint density at radius 2 is 2.10 bits per heavy atom. The second-order valence-electron chi connectivity index (χ2n) is 5.00. The van der Waals surface area contributed by atoms with Gasteiger partial charge >= 0.3 is 0 Å². The molecule has 0 saturated carbocycles. The molecule has 0 unspecified atom stereocenters. The first kappa shape index (κ1) is 14.6. The maximum atomic E-state index is 12.1. The molecule has 1 N–H and O–H groups in total. The summed E-state index contributed by atoms with van der Waals surface area (Å²) in [5.41, 5.74) is 3.38. The highest BCUT2D eigenvalue weighted by atomic mass is 32.1. The molecule has 0 radical (unpaired) electrons. The minimum absolute atomic E-state index is 0.0966. The lowest BCUT2D eigenvalue weighted by molar-refractivity contribution is -0.128. The van der Waals surface area contributed by atoms with E-state index < -0.39 is 0 Å². The summed E-state index contributed by atoms with van der Waals surface area (Å²) in [4.78, 5) is 15.1. The second kappa shape index (κ2) is 6.57. The summed E-state index contributed by atoms with van der Waals surface area (Å²) in [6, 6.07) is 10.3. The van der Waals surface area contributed by atoms with Crippen molar-refractivity contribution in [2.75, 3.05) is 18.9 Å². The van der Waals surface area contributed by atoms with Crippen LogP contribution in [0.1, 0.15) is 16.0 Å². The monoisotopic (exact) mass is 288 g/mol. The summed E-state index contributed by atoms with van der Waals surface area (Å²) < 4.78 is 0. The van der Waals surface area contributed by atoms with E-state index in [4.69, 9.17) is 0 Å². The minimum atomic E-state index is 0.0966. The first-order valence-corrected chi connectivity index (χ1v) is 7.51. The van der Waals surface area contributed by atoms with Gasteiger partial charge in [-0.3, -0.25) is 4.79 Å². The number of thiophene rings is 1. The number of benzene rings is 1. The molecule has 0 atom stereocenters. The van der Waals surface area contributed by atoms with E-state index in [0.717, 1.165) is 11.3 Å². The van der Waals surface area contributed by atoms with Crippen molar-refractivity contribution in [3.63, 3.8) is 0 Å². The van der Waals surface area contributed by atoms with Crippen LogP contribution in [0, 0.1) is 13.8 Å². The molecule has 106 valence electrons. The molecule has 2 aromatic rings. The van der Waals surface area contributed by atoms with Crippen LogP contribution in [0.25, 0.3) is 0 Å². The van der Waals surface area contributed by atoms with E-state index in [1.807, 2.05) is 31.5 Å². The number of amides is 1. The molecule has 20 heavy (non-hydrogen) atoms. The molecule has 0 spiro atoms. The van der Waals surface area contributed by atoms with Crippen molar-refractivity contribution in [1.29, 1.82) is 0 Å². The SMILES string of the molecule is Cc1ccc(C)c(NCC(=O)N(C)Cc2cccs2)c1. The largest absolute Gasteiger partial charge is 0.376 e. The zero-order valence-corrected chi connectivity index (χ0v) is 13.0. The molecule has 0 aliphatic carbocycles. The van der Waals surface area contributed by atoms with Crippen LogP contribution < -0.4 is 5.32 Å². The van der Waals surface area contributed by atoms with Gasteiger partial charge in [-0.25, -0.2) is 0 Å². The van der Waals surface area contributed by atoms with Crippen LogP contribution in [0.5, 0.6) is 0 Å². The Bertz CT molecular complexity index is 578. The number of nitrogens with one attached hydrogen (secondary N) is 1. The first-order valence-electron chi connectivity index (χ1n) is 6.64. The predicted molar refractivity (Wildman–Crippen MR) is 85.2 cm³/mol. The minimum Gasteiger partial charge on any atom is -0.376 e. The van der Waals surface area contributed by atoms with Gasteiger partial charge in [0.2, 0.25) is 5.91 Å². The van der Waals surface area contributed by atoms with Crippen molar-refractivity contribution in [2.45, 2.75) is 20.4 Å². The summed E-state index contributed by atoms with van der Waals surface area (Å²) in [6.45, 7) is 5.09. The van der Waals surface area contributed by atoms with Crippen molar-refractivity contribution in [3.05, 3.63) is 51.7 Å². The van der Waals surface area contributed by atoms with Crippen LogP contribution >= 0.6 is 11.3 Å². The molecule has 0 aliphatic heterocycles. The van der Waals surface area contributed by atoms with Crippen molar-refractivity contribution < 1.29 is 4.79 Å². The van der Waals surface area contributed by atoms with Crippen molar-refractivity contribution >= 4 is 22.9 Å². The third-order valence-corrected chi connectivity index (χ3v) is 4.08. The topological polar surface area (TPSA) is 32.3 Å². The molecule has 2 rings (SSSR count). The molecule has 4 heteroatoms. The van der Waals surface area contributed by atoms with Crippen molar-refractivity contribution in [3.8, 4) is 0 Å². The quantitative estimate of drug-likeness (QED) is 0.914. The van der Waals surface area contributed by atoms with E-state index >= 15 is 0 Å². The smallest absolute Gasteiger partial charge is 0.241 e. The maximum absolute atomic E-state index is 12.1. The van der Waals surface area contributed by atoms with Gasteiger partial charge in [0.1, 0.15) is 0 Å². The third-order valence-electron chi connectivity index (χ3n) is 3.22. The van der Waals surface area contributed by atoms with E-state index in [9.17, 15) is 4.79 Å². The summed E-state index contributed by atoms with van der Waals surface area (Å²) in [5, 5.41) is 5.26. The average Bonchev–Trinajstić information content (AvgIpc) is 2.92. The predicted octanol–water partition coefficient (Wildman–Crippen LogP) is 3.44. The number of hydrogen-bond acceptors (Lipinski definition) is 3. The Morgan fingerprint density at radius 3 is 2.80 bits per heavy atom. The van der Waals surface area contributed by atoms with E-state index in [-0.39, 0.29) is 5.91 Å². The maximum Gasteiger partial charge on any atom is 0.241 e. The Morgan fingerprint density at radius 1 is 1.30 bits per heavy atom. The molecule has 0 aliphatic rings. The van der Waals surface area contributed by atoms with Gasteiger partial charge in [-0.1, -0.05) is 18.2 Å². The average molecular weight is 288 g/mol. The van der Waals surface area contributed by atoms with Gasteiger partial charge in [0.25, 0.3) is 0 Å². The van der Waals surface area contributed by atoms with Crippen LogP contribution in [0.3, 0.4) is 0 Å². The molecule has 0 saturated heterocycles. The van der Waals surface area contributed by atoms with Gasteiger partial charge in [0.15, 0.2) is 0 Å². The van der Waals surface area contributed by atoms with E-state index in [1.165, 1.54) is 10.4 Å². The normalized spacial score (nSPS) is 10.3. The molecule has 1 aromatic carbocycles. The van der Waals surface area contributed by atoms with Crippen LogP contribution in [-0.4, -0.2) is 24.4 Å². The molecular weight excluding hydrogens is 268 g/mol. The number of carbonyl (C=O) groups excluding carboxylic acids is 1. The highest BCUT2D eigenvalue weighted by molar-refractivity contribution is 7.09. The lowest BCUT2D eigenvalue weighted by Gasteiger charge is -2.17. The molecule has 3 nitrogen and oxygen atoms in total. The number of likely N-dealkylation sites (N-methyl/N-ethyl adjacent to an activating group) is 1. The number of hydrogen-bond donors (Lipinski definition) is 1. The molecule has 0 fully saturated rings. The molecule has 1 aromatic heterocycles. The molecule has 1 heterocycles. The van der Waals surface area contributed by atoms with Gasteiger partial charge in [0.05, 0.1) is 13.1 Å². The second-order valence-corrected chi connectivity index (χ2v) is 6.03. The van der Waals surface area contributed by atoms with Crippen LogP contribution in [0.4, 0.5) is 5.69 Å². The fourth-order valence-corrected chi connectivity index (χ4v) is 2.71. The highest BCUT2D eigenvalue weighted by Gasteiger charge is 2.10. The molecule has 0 bridgehead atoms. The summed E-state index contributed by atoms with van der Waals surface area (Å²) >= 11 is 1.67. The van der Waals surface area contributed by atoms with Crippen LogP contribution in [0.2, 0.25) is 0 Å². The van der Waals surface area contributed by atoms with E-state index in [1.54, 1.807) is 16.2 Å². The van der Waals surface area contributed by atoms with Gasteiger partial charge < -0.3 is 10.2 Å². The summed E-state index contributed by atoms with van der Waals surface area (Å²) in [6.07, 6.45) is 0. The van der Waals surface area contributed by atoms with E-state index in [0.29, 0.717) is 13.1 Å². The number of nitrogens with zero attached hydrogens (tertiary/aromatic N) is 1. The zero-order chi connectivity index (χ0) is 14.5. The Kier molecular flexibility index (Phi) is 4.79. The fourth-order valence-electron chi connectivity index (χ4n) is 1.96. The van der Waals surface area contributed by atoms with Gasteiger partial charge in [-0.05, 0) is 42.5 Å². The number of aryl methyl sites for hydroxylation is 2. The third kappa shape index (κ3) is 3.84. The lowest BCUT2D eigenvalue weighted by atomic mass is 10.1. The molecule has 1 amide bonds. The van der Waals surface area contributed by atoms with Crippen molar-refractivity contribution in [2.24, 2.45) is 0 Å². The number of anilines is 1. The summed E-state index contributed by atoms with van der Waals surface area (Å²) in [5.74, 6) is 0.0966. The van der Waals surface area contributed by atoms with Gasteiger partial charge in [0, 0.05) is 17.6 Å². The highest BCUT2D eigenvalue weighted by Crippen LogP contribution is 2.16. The Labute approximate surface area is 124 Å². The summed E-state index contributed by atoms with van der Waals surface area (Å²) in [7, 11) is 1.84. The van der Waals surface area contributed by atoms with Gasteiger partial charge in [-0.2, -0.15) is 0 Å². The van der Waals surface area contributed by atoms with Crippen molar-refractivity contribution in [1.82, 2.24) is 4.90 Å². The Hall–Kier alpha value is -1.81. The molecular formula is C16H20N2OS.